The van der Waals surface area contributed by atoms with Crippen LogP contribution in [-0.2, 0) is 4.79 Å². The third kappa shape index (κ3) is 3.69. The fourth-order valence-electron chi connectivity index (χ4n) is 2.68. The van der Waals surface area contributed by atoms with Crippen molar-refractivity contribution in [3.05, 3.63) is 35.4 Å². The highest BCUT2D eigenvalue weighted by Gasteiger charge is 2.31. The molecular formula is C18H25NO3. The number of aliphatic hydroxyl groups excluding tert-OH is 1. The summed E-state index contributed by atoms with van der Waals surface area (Å²) in [7, 11) is 0. The van der Waals surface area contributed by atoms with Crippen molar-refractivity contribution in [1.29, 1.82) is 0 Å². The van der Waals surface area contributed by atoms with E-state index in [1.807, 2.05) is 58.0 Å². The summed E-state index contributed by atoms with van der Waals surface area (Å²) in [4.78, 5) is 12.3. The lowest BCUT2D eigenvalue weighted by Crippen LogP contribution is -2.44. The van der Waals surface area contributed by atoms with Gasteiger partial charge in [0.15, 0.2) is 0 Å². The van der Waals surface area contributed by atoms with E-state index in [4.69, 9.17) is 4.74 Å². The lowest BCUT2D eigenvalue weighted by atomic mass is 9.80. The number of amides is 1. The molecule has 0 radical (unpaired) electrons. The molecule has 2 rings (SSSR count). The molecule has 120 valence electrons. The Hall–Kier alpha value is -1.81. The standard InChI is InChI=1S/C18H25NO3/c1-12(2)16(20)18(3,4)11-19-17(21)14-9-13-7-5-6-8-15(13)22-10-14/h5-9,12,16,20H,10-11H2,1-4H3,(H,19,21). The molecular weight excluding hydrogens is 278 g/mol. The number of hydrogen-bond donors (Lipinski definition) is 2. The van der Waals surface area contributed by atoms with E-state index in [2.05, 4.69) is 5.32 Å². The zero-order valence-corrected chi connectivity index (χ0v) is 13.7. The lowest BCUT2D eigenvalue weighted by Gasteiger charge is -2.33. The number of rotatable bonds is 5. The first-order chi connectivity index (χ1) is 10.3. The van der Waals surface area contributed by atoms with E-state index in [0.29, 0.717) is 12.1 Å². The molecule has 1 aromatic carbocycles. The monoisotopic (exact) mass is 303 g/mol. The van der Waals surface area contributed by atoms with Gasteiger partial charge < -0.3 is 15.2 Å². The summed E-state index contributed by atoms with van der Waals surface area (Å²) in [5.41, 5.74) is 1.14. The van der Waals surface area contributed by atoms with Gasteiger partial charge in [-0.05, 0) is 18.1 Å². The normalized spacial score (nSPS) is 15.6. The molecule has 0 saturated carbocycles. The zero-order valence-electron chi connectivity index (χ0n) is 13.7. The van der Waals surface area contributed by atoms with Crippen molar-refractivity contribution in [3.8, 4) is 5.75 Å². The van der Waals surface area contributed by atoms with E-state index >= 15 is 0 Å². The van der Waals surface area contributed by atoms with Crippen LogP contribution in [0, 0.1) is 11.3 Å². The Bertz CT molecular complexity index is 575. The molecule has 0 aliphatic carbocycles. The minimum Gasteiger partial charge on any atom is -0.488 e. The number of carbonyl (C=O) groups excluding carboxylic acids is 1. The summed E-state index contributed by atoms with van der Waals surface area (Å²) >= 11 is 0. The van der Waals surface area contributed by atoms with E-state index in [9.17, 15) is 9.90 Å². The number of para-hydroxylation sites is 1. The molecule has 1 aliphatic heterocycles. The summed E-state index contributed by atoms with van der Waals surface area (Å²) in [6.45, 7) is 8.56. The van der Waals surface area contributed by atoms with Gasteiger partial charge in [-0.1, -0.05) is 45.9 Å². The average Bonchev–Trinajstić information content (AvgIpc) is 2.51. The molecule has 0 spiro atoms. The van der Waals surface area contributed by atoms with Gasteiger partial charge in [-0.15, -0.1) is 0 Å². The highest BCUT2D eigenvalue weighted by atomic mass is 16.5. The van der Waals surface area contributed by atoms with Crippen LogP contribution < -0.4 is 10.1 Å². The van der Waals surface area contributed by atoms with Gasteiger partial charge in [0, 0.05) is 17.5 Å². The third-order valence-electron chi connectivity index (χ3n) is 4.06. The van der Waals surface area contributed by atoms with Crippen molar-refractivity contribution in [2.75, 3.05) is 13.2 Å². The topological polar surface area (TPSA) is 58.6 Å². The molecule has 4 nitrogen and oxygen atoms in total. The molecule has 1 amide bonds. The first-order valence-corrected chi connectivity index (χ1v) is 7.70. The second kappa shape index (κ2) is 6.53. The van der Waals surface area contributed by atoms with Gasteiger partial charge in [-0.3, -0.25) is 4.79 Å². The predicted octanol–water partition coefficient (Wildman–Crippen LogP) is 2.62. The molecule has 1 aromatic rings. The Morgan fingerprint density at radius 1 is 1.36 bits per heavy atom. The Morgan fingerprint density at radius 2 is 2.05 bits per heavy atom. The van der Waals surface area contributed by atoms with Crippen LogP contribution in [0.4, 0.5) is 0 Å². The number of aliphatic hydroxyl groups is 1. The zero-order chi connectivity index (χ0) is 16.3. The smallest absolute Gasteiger partial charge is 0.250 e. The molecule has 1 heterocycles. The van der Waals surface area contributed by atoms with Crippen molar-refractivity contribution >= 4 is 12.0 Å². The largest absolute Gasteiger partial charge is 0.488 e. The fraction of sp³-hybridized carbons (Fsp3) is 0.500. The van der Waals surface area contributed by atoms with Crippen LogP contribution in [0.1, 0.15) is 33.3 Å². The number of ether oxygens (including phenoxy) is 1. The number of hydrogen-bond acceptors (Lipinski definition) is 3. The Morgan fingerprint density at radius 3 is 2.73 bits per heavy atom. The highest BCUT2D eigenvalue weighted by molar-refractivity contribution is 5.99. The maximum absolute atomic E-state index is 12.3. The van der Waals surface area contributed by atoms with Crippen LogP contribution in [0.25, 0.3) is 6.08 Å². The quantitative estimate of drug-likeness (QED) is 0.879. The lowest BCUT2D eigenvalue weighted by molar-refractivity contribution is -0.118. The van der Waals surface area contributed by atoms with Crippen molar-refractivity contribution in [3.63, 3.8) is 0 Å². The average molecular weight is 303 g/mol. The van der Waals surface area contributed by atoms with E-state index in [-0.39, 0.29) is 23.8 Å². The summed E-state index contributed by atoms with van der Waals surface area (Å²) in [5, 5.41) is 13.1. The van der Waals surface area contributed by atoms with E-state index in [0.717, 1.165) is 11.3 Å². The number of carbonyl (C=O) groups is 1. The molecule has 0 saturated heterocycles. The summed E-state index contributed by atoms with van der Waals surface area (Å²) < 4.78 is 5.60. The van der Waals surface area contributed by atoms with E-state index in [1.54, 1.807) is 0 Å². The molecule has 2 N–H and O–H groups in total. The minimum atomic E-state index is -0.467. The van der Waals surface area contributed by atoms with Crippen LogP contribution >= 0.6 is 0 Å². The Labute approximate surface area is 132 Å². The van der Waals surface area contributed by atoms with Gasteiger partial charge in [-0.25, -0.2) is 0 Å². The molecule has 1 unspecified atom stereocenters. The van der Waals surface area contributed by atoms with Gasteiger partial charge in [0.1, 0.15) is 12.4 Å². The van der Waals surface area contributed by atoms with Crippen molar-refractivity contribution in [2.24, 2.45) is 11.3 Å². The van der Waals surface area contributed by atoms with Crippen LogP contribution in [0.15, 0.2) is 29.8 Å². The first kappa shape index (κ1) is 16.6. The van der Waals surface area contributed by atoms with Crippen molar-refractivity contribution in [1.82, 2.24) is 5.32 Å². The molecule has 0 aromatic heterocycles. The Kier molecular flexibility index (Phi) is 4.91. The molecule has 4 heteroatoms. The maximum Gasteiger partial charge on any atom is 0.250 e. The number of nitrogens with one attached hydrogen (secondary N) is 1. The molecule has 22 heavy (non-hydrogen) atoms. The summed E-state index contributed by atoms with van der Waals surface area (Å²) in [6.07, 6.45) is 1.39. The highest BCUT2D eigenvalue weighted by Crippen LogP contribution is 2.27. The Balaban J connectivity index is 2.01. The van der Waals surface area contributed by atoms with Gasteiger partial charge in [0.2, 0.25) is 0 Å². The van der Waals surface area contributed by atoms with Crippen LogP contribution in [-0.4, -0.2) is 30.3 Å². The third-order valence-corrected chi connectivity index (χ3v) is 4.06. The predicted molar refractivity (Wildman–Crippen MR) is 87.5 cm³/mol. The summed E-state index contributed by atoms with van der Waals surface area (Å²) in [5.74, 6) is 0.809. The second-order valence-corrected chi connectivity index (χ2v) is 6.86. The van der Waals surface area contributed by atoms with Gasteiger partial charge in [0.05, 0.1) is 11.7 Å². The van der Waals surface area contributed by atoms with Crippen LogP contribution in [0.2, 0.25) is 0 Å². The first-order valence-electron chi connectivity index (χ1n) is 7.70. The number of benzene rings is 1. The molecule has 1 atom stereocenters. The van der Waals surface area contributed by atoms with E-state index < -0.39 is 6.10 Å². The number of fused-ring (bicyclic) bond motifs is 1. The van der Waals surface area contributed by atoms with Gasteiger partial charge >= 0.3 is 0 Å². The van der Waals surface area contributed by atoms with Crippen LogP contribution in [0.5, 0.6) is 5.75 Å². The molecule has 1 aliphatic rings. The molecule has 0 bridgehead atoms. The fourth-order valence-corrected chi connectivity index (χ4v) is 2.68. The minimum absolute atomic E-state index is 0.140. The summed E-state index contributed by atoms with van der Waals surface area (Å²) in [6, 6.07) is 7.64. The van der Waals surface area contributed by atoms with E-state index in [1.165, 1.54) is 0 Å². The maximum atomic E-state index is 12.3. The second-order valence-electron chi connectivity index (χ2n) is 6.86. The SMILES string of the molecule is CC(C)C(O)C(C)(C)CNC(=O)C1=Cc2ccccc2OC1. The van der Waals surface area contributed by atoms with Gasteiger partial charge in [-0.2, -0.15) is 0 Å². The van der Waals surface area contributed by atoms with Crippen molar-refractivity contribution < 1.29 is 14.6 Å². The van der Waals surface area contributed by atoms with Gasteiger partial charge in [0.25, 0.3) is 5.91 Å². The van der Waals surface area contributed by atoms with Crippen LogP contribution in [0.3, 0.4) is 0 Å². The molecule has 0 fully saturated rings. The van der Waals surface area contributed by atoms with Crippen molar-refractivity contribution in [2.45, 2.75) is 33.8 Å².